The number of aliphatic hydroxyl groups excluding tert-OH is 1. The monoisotopic (exact) mass is 274 g/mol. The van der Waals surface area contributed by atoms with Crippen LogP contribution in [0.15, 0.2) is 30.5 Å². The number of nitrogens with one attached hydrogen (secondary N) is 1. The number of aliphatic hydroxyl groups is 1. The molecule has 0 fully saturated rings. The number of rotatable bonds is 5. The molecule has 0 saturated carbocycles. The number of nitrogens with zero attached hydrogens (tertiary/aromatic N) is 2. The molecule has 20 heavy (non-hydrogen) atoms. The van der Waals surface area contributed by atoms with E-state index in [-0.39, 0.29) is 18.2 Å². The third-order valence-corrected chi connectivity index (χ3v) is 2.99. The Morgan fingerprint density at radius 2 is 2.00 bits per heavy atom. The Bertz CT molecular complexity index is 590. The van der Waals surface area contributed by atoms with Crippen LogP contribution in [-0.2, 0) is 19.7 Å². The lowest BCUT2D eigenvalue weighted by molar-refractivity contribution is 0.0946. The summed E-state index contributed by atoms with van der Waals surface area (Å²) in [7, 11) is 0. The molecule has 0 saturated heterocycles. The van der Waals surface area contributed by atoms with Crippen LogP contribution in [0.4, 0.5) is 5.69 Å². The molecular formula is C14H18N4O2. The van der Waals surface area contributed by atoms with Crippen LogP contribution in [0, 0.1) is 0 Å². The Labute approximate surface area is 117 Å². The minimum atomic E-state index is -0.291. The van der Waals surface area contributed by atoms with E-state index in [1.165, 1.54) is 0 Å². The normalized spacial score (nSPS) is 10.5. The number of carbonyl (C=O) groups excluding carboxylic acids is 1. The smallest absolute Gasteiger partial charge is 0.274 e. The molecule has 0 spiro atoms. The molecule has 0 radical (unpaired) electrons. The van der Waals surface area contributed by atoms with E-state index in [0.29, 0.717) is 18.8 Å². The third-order valence-electron chi connectivity index (χ3n) is 2.99. The molecule has 106 valence electrons. The highest BCUT2D eigenvalue weighted by Crippen LogP contribution is 2.09. The van der Waals surface area contributed by atoms with Gasteiger partial charge in [0.2, 0.25) is 0 Å². The summed E-state index contributed by atoms with van der Waals surface area (Å²) in [5.74, 6) is -0.291. The Kier molecular flexibility index (Phi) is 4.37. The Morgan fingerprint density at radius 3 is 2.55 bits per heavy atom. The van der Waals surface area contributed by atoms with Crippen molar-refractivity contribution in [2.45, 2.75) is 26.6 Å². The van der Waals surface area contributed by atoms with Crippen LogP contribution in [-0.4, -0.2) is 20.8 Å². The number of amides is 1. The summed E-state index contributed by atoms with van der Waals surface area (Å²) in [6, 6.07) is 7.36. The largest absolute Gasteiger partial charge is 0.396 e. The molecule has 1 amide bonds. The number of nitrogens with two attached hydrogens (primary N) is 1. The van der Waals surface area contributed by atoms with Gasteiger partial charge in [-0.05, 0) is 18.1 Å². The van der Waals surface area contributed by atoms with Gasteiger partial charge < -0.3 is 16.2 Å². The van der Waals surface area contributed by atoms with Crippen molar-refractivity contribution in [1.82, 2.24) is 15.1 Å². The van der Waals surface area contributed by atoms with Crippen molar-refractivity contribution in [3.8, 4) is 0 Å². The summed E-state index contributed by atoms with van der Waals surface area (Å²) in [4.78, 5) is 12.0. The lowest BCUT2D eigenvalue weighted by atomic mass is 10.1. The van der Waals surface area contributed by atoms with Crippen LogP contribution >= 0.6 is 0 Å². The van der Waals surface area contributed by atoms with Gasteiger partial charge in [-0.2, -0.15) is 5.10 Å². The van der Waals surface area contributed by atoms with Gasteiger partial charge in [0.1, 0.15) is 0 Å². The average molecular weight is 274 g/mol. The molecule has 2 aromatic rings. The second kappa shape index (κ2) is 6.21. The van der Waals surface area contributed by atoms with Crippen molar-refractivity contribution in [2.75, 3.05) is 5.73 Å². The van der Waals surface area contributed by atoms with Crippen molar-refractivity contribution in [2.24, 2.45) is 0 Å². The van der Waals surface area contributed by atoms with Gasteiger partial charge in [0.15, 0.2) is 5.69 Å². The number of aryl methyl sites for hydroxylation is 1. The first-order valence-corrected chi connectivity index (χ1v) is 6.43. The Balaban J connectivity index is 1.98. The van der Waals surface area contributed by atoms with Crippen LogP contribution in [0.25, 0.3) is 0 Å². The first kappa shape index (κ1) is 14.1. The van der Waals surface area contributed by atoms with Crippen LogP contribution < -0.4 is 11.1 Å². The number of hydrogen-bond donors (Lipinski definition) is 3. The van der Waals surface area contributed by atoms with Gasteiger partial charge in [0, 0.05) is 19.3 Å². The lowest BCUT2D eigenvalue weighted by Gasteiger charge is -2.05. The quantitative estimate of drug-likeness (QED) is 0.755. The second-order valence-corrected chi connectivity index (χ2v) is 4.45. The van der Waals surface area contributed by atoms with E-state index in [0.717, 1.165) is 11.1 Å². The third kappa shape index (κ3) is 3.16. The van der Waals surface area contributed by atoms with Crippen LogP contribution in [0.5, 0.6) is 0 Å². The van der Waals surface area contributed by atoms with E-state index in [1.807, 2.05) is 31.2 Å². The molecular weight excluding hydrogens is 256 g/mol. The van der Waals surface area contributed by atoms with Crippen molar-refractivity contribution in [3.63, 3.8) is 0 Å². The van der Waals surface area contributed by atoms with Crippen molar-refractivity contribution < 1.29 is 9.90 Å². The Morgan fingerprint density at radius 1 is 1.35 bits per heavy atom. The van der Waals surface area contributed by atoms with Gasteiger partial charge in [0.25, 0.3) is 5.91 Å². The maximum Gasteiger partial charge on any atom is 0.274 e. The number of aromatic nitrogens is 2. The highest BCUT2D eigenvalue weighted by atomic mass is 16.3. The van der Waals surface area contributed by atoms with E-state index < -0.39 is 0 Å². The minimum absolute atomic E-state index is 0.0115. The fourth-order valence-electron chi connectivity index (χ4n) is 1.80. The second-order valence-electron chi connectivity index (χ2n) is 4.45. The average Bonchev–Trinajstić information content (AvgIpc) is 2.86. The summed E-state index contributed by atoms with van der Waals surface area (Å²) in [6.45, 7) is 3.00. The molecule has 0 bridgehead atoms. The first-order valence-electron chi connectivity index (χ1n) is 6.43. The van der Waals surface area contributed by atoms with E-state index in [4.69, 9.17) is 10.8 Å². The number of nitrogen functional groups attached to an aromatic ring is 1. The molecule has 2 rings (SSSR count). The zero-order chi connectivity index (χ0) is 14.5. The Hall–Kier alpha value is -2.34. The summed E-state index contributed by atoms with van der Waals surface area (Å²) < 4.78 is 1.63. The topological polar surface area (TPSA) is 93.2 Å². The predicted molar refractivity (Wildman–Crippen MR) is 75.8 cm³/mol. The van der Waals surface area contributed by atoms with Gasteiger partial charge in [-0.25, -0.2) is 0 Å². The molecule has 6 nitrogen and oxygen atoms in total. The summed E-state index contributed by atoms with van der Waals surface area (Å²) >= 11 is 0. The number of carbonyl (C=O) groups is 1. The fraction of sp³-hybridized carbons (Fsp3) is 0.286. The van der Waals surface area contributed by atoms with Gasteiger partial charge in [0.05, 0.1) is 12.3 Å². The van der Waals surface area contributed by atoms with Gasteiger partial charge >= 0.3 is 0 Å². The van der Waals surface area contributed by atoms with Gasteiger partial charge in [-0.3, -0.25) is 9.48 Å². The number of hydrogen-bond acceptors (Lipinski definition) is 4. The predicted octanol–water partition coefficient (Wildman–Crippen LogP) is 0.907. The van der Waals surface area contributed by atoms with Crippen LogP contribution in [0.2, 0.25) is 0 Å². The van der Waals surface area contributed by atoms with Crippen LogP contribution in [0.3, 0.4) is 0 Å². The molecule has 0 unspecified atom stereocenters. The van der Waals surface area contributed by atoms with Crippen molar-refractivity contribution in [1.29, 1.82) is 0 Å². The maximum atomic E-state index is 12.0. The van der Waals surface area contributed by atoms with E-state index in [2.05, 4.69) is 10.4 Å². The van der Waals surface area contributed by atoms with Gasteiger partial charge in [-0.1, -0.05) is 24.3 Å². The summed E-state index contributed by atoms with van der Waals surface area (Å²) in [6.07, 6.45) is 1.64. The molecule has 1 heterocycles. The summed E-state index contributed by atoms with van der Waals surface area (Å²) in [5, 5.41) is 15.8. The molecule has 1 aromatic carbocycles. The molecule has 1 aromatic heterocycles. The van der Waals surface area contributed by atoms with Gasteiger partial charge in [-0.15, -0.1) is 0 Å². The van der Waals surface area contributed by atoms with E-state index in [9.17, 15) is 4.79 Å². The molecule has 6 heteroatoms. The van der Waals surface area contributed by atoms with Crippen molar-refractivity contribution in [3.05, 3.63) is 47.3 Å². The SMILES string of the molecule is CCn1cc(N)c(C(=O)NCc2ccc(CO)cc2)n1. The highest BCUT2D eigenvalue weighted by molar-refractivity contribution is 5.96. The van der Waals surface area contributed by atoms with E-state index >= 15 is 0 Å². The maximum absolute atomic E-state index is 12.0. The minimum Gasteiger partial charge on any atom is -0.396 e. The first-order chi connectivity index (χ1) is 9.63. The molecule has 0 aliphatic rings. The molecule has 4 N–H and O–H groups in total. The number of benzene rings is 1. The highest BCUT2D eigenvalue weighted by Gasteiger charge is 2.13. The molecule has 0 aliphatic heterocycles. The lowest BCUT2D eigenvalue weighted by Crippen LogP contribution is -2.24. The van der Waals surface area contributed by atoms with E-state index in [1.54, 1.807) is 10.9 Å². The molecule has 0 atom stereocenters. The zero-order valence-corrected chi connectivity index (χ0v) is 11.3. The molecule has 0 aliphatic carbocycles. The van der Waals surface area contributed by atoms with Crippen LogP contribution in [0.1, 0.15) is 28.5 Å². The zero-order valence-electron chi connectivity index (χ0n) is 11.3. The fourth-order valence-corrected chi connectivity index (χ4v) is 1.80. The number of anilines is 1. The standard InChI is InChI=1S/C14H18N4O2/c1-2-18-8-12(15)13(17-18)14(20)16-7-10-3-5-11(9-19)6-4-10/h3-6,8,19H,2,7,9,15H2,1H3,(H,16,20). The summed E-state index contributed by atoms with van der Waals surface area (Å²) in [5.41, 5.74) is 8.16. The van der Waals surface area contributed by atoms with Crippen molar-refractivity contribution >= 4 is 11.6 Å².